The number of hydrogen-bond acceptors (Lipinski definition) is 9. The van der Waals surface area contributed by atoms with E-state index in [2.05, 4.69) is 20.2 Å². The molecule has 0 aromatic carbocycles. The van der Waals surface area contributed by atoms with Crippen molar-refractivity contribution < 1.29 is 28.9 Å². The number of carboxylic acid groups (broad SMARTS) is 1. The first-order chi connectivity index (χ1) is 16.2. The molecule has 0 radical (unpaired) electrons. The van der Waals surface area contributed by atoms with Gasteiger partial charge in [-0.2, -0.15) is 0 Å². The molecule has 2 fully saturated rings. The molecular formula is C22H28N6O6. The maximum Gasteiger partial charge on any atom is 0.414 e. The molecule has 0 saturated carbocycles. The number of amides is 2. The van der Waals surface area contributed by atoms with Gasteiger partial charge in [-0.05, 0) is 20.8 Å². The van der Waals surface area contributed by atoms with Crippen molar-refractivity contribution in [2.75, 3.05) is 49.6 Å². The fourth-order valence-electron chi connectivity index (χ4n) is 3.44. The third-order valence-electron chi connectivity index (χ3n) is 5.10. The molecule has 2 aliphatic rings. The molecule has 4 heterocycles. The summed E-state index contributed by atoms with van der Waals surface area (Å²) in [4.78, 5) is 39.5. The van der Waals surface area contributed by atoms with Crippen LogP contribution in [0.2, 0.25) is 0 Å². The van der Waals surface area contributed by atoms with E-state index in [1.807, 2.05) is 6.07 Å². The Hall–Kier alpha value is -3.67. The highest BCUT2D eigenvalue weighted by Gasteiger charge is 2.32. The lowest BCUT2D eigenvalue weighted by Crippen LogP contribution is -2.55. The van der Waals surface area contributed by atoms with Crippen molar-refractivity contribution in [3.8, 4) is 17.0 Å². The molecule has 2 aliphatic heterocycles. The Morgan fingerprint density at radius 3 is 2.44 bits per heavy atom. The van der Waals surface area contributed by atoms with Gasteiger partial charge in [0, 0.05) is 43.2 Å². The van der Waals surface area contributed by atoms with E-state index in [9.17, 15) is 9.59 Å². The van der Waals surface area contributed by atoms with Gasteiger partial charge in [-0.15, -0.1) is 0 Å². The number of carbonyl (C=O) groups is 2. The van der Waals surface area contributed by atoms with E-state index in [1.165, 1.54) is 4.90 Å². The molecule has 0 unspecified atom stereocenters. The van der Waals surface area contributed by atoms with Crippen molar-refractivity contribution in [2.45, 2.75) is 32.5 Å². The molecule has 12 nitrogen and oxygen atoms in total. The Morgan fingerprint density at radius 1 is 1.15 bits per heavy atom. The van der Waals surface area contributed by atoms with Gasteiger partial charge in [-0.1, -0.05) is 0 Å². The number of nitrogens with one attached hydrogen (secondary N) is 1. The van der Waals surface area contributed by atoms with Crippen LogP contribution in [0, 0.1) is 0 Å². The Balaban J connectivity index is 1.52. The second-order valence-electron chi connectivity index (χ2n) is 9.00. The van der Waals surface area contributed by atoms with Gasteiger partial charge < -0.3 is 29.1 Å². The van der Waals surface area contributed by atoms with Crippen LogP contribution in [-0.2, 0) is 9.47 Å². The van der Waals surface area contributed by atoms with Crippen LogP contribution in [0.5, 0.6) is 5.75 Å². The zero-order valence-corrected chi connectivity index (χ0v) is 19.4. The first-order valence-corrected chi connectivity index (χ1v) is 11.0. The SMILES string of the molecule is CC(C)(C)OC(=O)Nc1ncc(-c2cc(OC3CN(C(=O)O)C3)cc(N3CCOCC3)n2)cn1. The molecule has 2 aromatic heterocycles. The summed E-state index contributed by atoms with van der Waals surface area (Å²) in [5.74, 6) is 1.42. The van der Waals surface area contributed by atoms with Crippen LogP contribution in [0.25, 0.3) is 11.3 Å². The number of ether oxygens (including phenoxy) is 3. The summed E-state index contributed by atoms with van der Waals surface area (Å²) in [6, 6.07) is 3.62. The minimum absolute atomic E-state index is 0.113. The number of hydrogen-bond donors (Lipinski definition) is 2. The third kappa shape index (κ3) is 6.01. The lowest BCUT2D eigenvalue weighted by Gasteiger charge is -2.37. The number of carbonyl (C=O) groups excluding carboxylic acids is 1. The molecule has 0 atom stereocenters. The standard InChI is InChI=1S/C22H28N6O6/c1-22(2,3)34-20(29)26-19-23-10-14(11-24-19)17-8-15(33-16-12-28(13-16)21(30)31)9-18(25-17)27-4-6-32-7-5-27/h8-11,16H,4-7,12-13H2,1-3H3,(H,30,31)(H,23,24,26,29). The van der Waals surface area contributed by atoms with Crippen LogP contribution < -0.4 is 15.0 Å². The van der Waals surface area contributed by atoms with E-state index in [0.29, 0.717) is 56.4 Å². The van der Waals surface area contributed by atoms with Crippen molar-refractivity contribution in [1.29, 1.82) is 0 Å². The summed E-state index contributed by atoms with van der Waals surface area (Å²) in [5, 5.41) is 11.6. The van der Waals surface area contributed by atoms with E-state index in [4.69, 9.17) is 24.3 Å². The van der Waals surface area contributed by atoms with Crippen molar-refractivity contribution in [3.05, 3.63) is 24.5 Å². The van der Waals surface area contributed by atoms with Gasteiger partial charge in [0.1, 0.15) is 23.3 Å². The molecule has 2 aromatic rings. The van der Waals surface area contributed by atoms with Crippen LogP contribution in [0.3, 0.4) is 0 Å². The molecule has 0 bridgehead atoms. The first-order valence-electron chi connectivity index (χ1n) is 11.0. The molecule has 12 heteroatoms. The predicted molar refractivity (Wildman–Crippen MR) is 122 cm³/mol. The van der Waals surface area contributed by atoms with Gasteiger partial charge in [0.05, 0.1) is 32.0 Å². The van der Waals surface area contributed by atoms with Gasteiger partial charge in [-0.25, -0.2) is 24.5 Å². The number of aromatic nitrogens is 3. The number of nitrogens with zero attached hydrogens (tertiary/aromatic N) is 5. The second-order valence-corrected chi connectivity index (χ2v) is 9.00. The normalized spacial score (nSPS) is 16.6. The predicted octanol–water partition coefficient (Wildman–Crippen LogP) is 2.46. The smallest absolute Gasteiger partial charge is 0.414 e. The molecule has 0 spiro atoms. The molecule has 34 heavy (non-hydrogen) atoms. The molecule has 0 aliphatic carbocycles. The minimum atomic E-state index is -0.957. The van der Waals surface area contributed by atoms with Crippen LogP contribution in [-0.4, -0.2) is 88.2 Å². The van der Waals surface area contributed by atoms with Crippen molar-refractivity contribution in [2.24, 2.45) is 0 Å². The van der Waals surface area contributed by atoms with Gasteiger partial charge in [-0.3, -0.25) is 5.32 Å². The Kier molecular flexibility index (Phi) is 6.68. The number of anilines is 2. The zero-order valence-electron chi connectivity index (χ0n) is 19.4. The molecule has 2 saturated heterocycles. The van der Waals surface area contributed by atoms with Crippen LogP contribution >= 0.6 is 0 Å². The summed E-state index contributed by atoms with van der Waals surface area (Å²) in [7, 11) is 0. The summed E-state index contributed by atoms with van der Waals surface area (Å²) in [6.07, 6.45) is 1.30. The fraction of sp³-hybridized carbons (Fsp3) is 0.500. The minimum Gasteiger partial charge on any atom is -0.486 e. The van der Waals surface area contributed by atoms with Crippen molar-refractivity contribution in [1.82, 2.24) is 19.9 Å². The van der Waals surface area contributed by atoms with Gasteiger partial charge in [0.25, 0.3) is 0 Å². The van der Waals surface area contributed by atoms with E-state index < -0.39 is 17.8 Å². The molecule has 4 rings (SSSR count). The molecular weight excluding hydrogens is 444 g/mol. The van der Waals surface area contributed by atoms with Crippen LogP contribution in [0.1, 0.15) is 20.8 Å². The van der Waals surface area contributed by atoms with Crippen LogP contribution in [0.15, 0.2) is 24.5 Å². The average molecular weight is 473 g/mol. The molecule has 2 N–H and O–H groups in total. The maximum atomic E-state index is 12.0. The first kappa shape index (κ1) is 23.5. The largest absolute Gasteiger partial charge is 0.486 e. The highest BCUT2D eigenvalue weighted by molar-refractivity contribution is 5.82. The van der Waals surface area contributed by atoms with E-state index in [1.54, 1.807) is 39.2 Å². The average Bonchev–Trinajstić information content (AvgIpc) is 2.75. The highest BCUT2D eigenvalue weighted by Crippen LogP contribution is 2.29. The summed E-state index contributed by atoms with van der Waals surface area (Å²) < 4.78 is 16.7. The second kappa shape index (κ2) is 9.67. The van der Waals surface area contributed by atoms with E-state index >= 15 is 0 Å². The summed E-state index contributed by atoms with van der Waals surface area (Å²) >= 11 is 0. The van der Waals surface area contributed by atoms with Crippen molar-refractivity contribution >= 4 is 24.0 Å². The van der Waals surface area contributed by atoms with Gasteiger partial charge >= 0.3 is 12.2 Å². The highest BCUT2D eigenvalue weighted by atomic mass is 16.6. The zero-order chi connectivity index (χ0) is 24.3. The van der Waals surface area contributed by atoms with Crippen LogP contribution in [0.4, 0.5) is 21.4 Å². The fourth-order valence-corrected chi connectivity index (χ4v) is 3.44. The van der Waals surface area contributed by atoms with Gasteiger partial charge in [0.2, 0.25) is 5.95 Å². The number of pyridine rings is 1. The Morgan fingerprint density at radius 2 is 1.82 bits per heavy atom. The topological polar surface area (TPSA) is 139 Å². The van der Waals surface area contributed by atoms with E-state index in [-0.39, 0.29) is 12.1 Å². The lowest BCUT2D eigenvalue weighted by molar-refractivity contribution is 0.0252. The molecule has 2 amide bonds. The number of rotatable bonds is 5. The molecule has 182 valence electrons. The van der Waals surface area contributed by atoms with E-state index in [0.717, 1.165) is 5.82 Å². The number of likely N-dealkylation sites (tertiary alicyclic amines) is 1. The monoisotopic (exact) mass is 472 g/mol. The quantitative estimate of drug-likeness (QED) is 0.667. The summed E-state index contributed by atoms with van der Waals surface area (Å²) in [5.41, 5.74) is 0.597. The maximum absolute atomic E-state index is 12.0. The Labute approximate surface area is 196 Å². The van der Waals surface area contributed by atoms with Crippen molar-refractivity contribution in [3.63, 3.8) is 0 Å². The third-order valence-corrected chi connectivity index (χ3v) is 5.10. The lowest BCUT2D eigenvalue weighted by atomic mass is 10.1. The Bertz CT molecular complexity index is 1030. The number of morpholine rings is 1. The summed E-state index contributed by atoms with van der Waals surface area (Å²) in [6.45, 7) is 8.54. The van der Waals surface area contributed by atoms with Gasteiger partial charge in [0.15, 0.2) is 0 Å².